The number of aromatic carboxylic acids is 1. The van der Waals surface area contributed by atoms with Crippen molar-refractivity contribution in [1.82, 2.24) is 9.97 Å². The number of nitrogens with zero attached hydrogens (tertiary/aromatic N) is 1. The van der Waals surface area contributed by atoms with Gasteiger partial charge in [-0.15, -0.1) is 0 Å². The Labute approximate surface area is 71.3 Å². The van der Waals surface area contributed by atoms with Gasteiger partial charge in [0.15, 0.2) is 5.15 Å². The molecule has 0 unspecified atom stereocenters. The molecular weight excluding hydrogens is 195 g/mol. The Balaban J connectivity index is 0.000001000. The lowest BCUT2D eigenvalue weighted by molar-refractivity contribution is 0.0685. The van der Waals surface area contributed by atoms with Crippen LogP contribution in [0.1, 0.15) is 10.6 Å². The van der Waals surface area contributed by atoms with E-state index < -0.39 is 5.97 Å². The number of carboxylic acids is 1. The van der Waals surface area contributed by atoms with Crippen molar-refractivity contribution in [2.45, 2.75) is 0 Å². The van der Waals surface area contributed by atoms with Crippen molar-refractivity contribution >= 4 is 29.2 Å². The van der Waals surface area contributed by atoms with Gasteiger partial charge in [-0.2, -0.15) is 0 Å². The van der Waals surface area contributed by atoms with Gasteiger partial charge in [-0.05, 0) is 0 Å². The fraction of sp³-hybridized carbons (Fsp3) is 0. The summed E-state index contributed by atoms with van der Waals surface area (Å²) in [5.74, 6) is -1.44. The maximum atomic E-state index is 10.2. The van der Waals surface area contributed by atoms with E-state index in [1.807, 2.05) is 0 Å². The number of aromatic amines is 1. The van der Waals surface area contributed by atoms with Crippen LogP contribution in [0.3, 0.4) is 0 Å². The minimum absolute atomic E-state index is 0. The smallest absolute Gasteiger partial charge is 0.371 e. The van der Waals surface area contributed by atoms with E-state index in [0.717, 1.165) is 0 Å². The summed E-state index contributed by atoms with van der Waals surface area (Å²) < 4.78 is 0. The normalized spacial score (nSPS) is 8.91. The zero-order chi connectivity index (χ0) is 7.72. The number of rotatable bonds is 1. The Hall–Kier alpha value is -0.780. The van der Waals surface area contributed by atoms with Gasteiger partial charge in [0, 0.05) is 0 Å². The van der Waals surface area contributed by atoms with Gasteiger partial charge in [0.25, 0.3) is 0 Å². The van der Waals surface area contributed by atoms with Crippen LogP contribution in [-0.2, 0) is 0 Å². The summed E-state index contributed by atoms with van der Waals surface area (Å²) in [6.07, 6.45) is 0. The maximum Gasteiger partial charge on any atom is 0.371 e. The summed E-state index contributed by atoms with van der Waals surface area (Å²) >= 11 is 10.7. The zero-order valence-corrected chi connectivity index (χ0v) is 6.57. The highest BCUT2D eigenvalue weighted by Gasteiger charge is 2.10. The molecule has 0 amide bonds. The molecule has 0 fully saturated rings. The first-order valence-corrected chi connectivity index (χ1v) is 3.01. The number of halogens is 2. The number of hydrogen-bond acceptors (Lipinski definition) is 2. The first-order valence-electron chi connectivity index (χ1n) is 2.25. The second-order valence-corrected chi connectivity index (χ2v) is 2.23. The average molecular weight is 199 g/mol. The highest BCUT2D eigenvalue weighted by molar-refractivity contribution is 6.40. The highest BCUT2D eigenvalue weighted by atomic mass is 35.5. The topological polar surface area (TPSA) is 97.5 Å². The third kappa shape index (κ3) is 2.07. The second kappa shape index (κ2) is 3.56. The van der Waals surface area contributed by atoms with Crippen LogP contribution in [0, 0.1) is 0 Å². The number of carbonyl (C=O) groups is 1. The molecule has 0 radical (unpaired) electrons. The van der Waals surface area contributed by atoms with Gasteiger partial charge < -0.3 is 15.6 Å². The summed E-state index contributed by atoms with van der Waals surface area (Å²) in [5, 5.41) is 8.32. The molecule has 1 rings (SSSR count). The molecular formula is C4H4Cl2N2O3. The van der Waals surface area contributed by atoms with E-state index in [4.69, 9.17) is 28.3 Å². The number of nitrogens with one attached hydrogen (secondary N) is 1. The first kappa shape index (κ1) is 10.2. The van der Waals surface area contributed by atoms with E-state index in [2.05, 4.69) is 9.97 Å². The van der Waals surface area contributed by atoms with Crippen molar-refractivity contribution in [3.05, 3.63) is 16.1 Å². The van der Waals surface area contributed by atoms with Crippen LogP contribution in [0.25, 0.3) is 0 Å². The molecule has 62 valence electrons. The number of imidazole rings is 1. The molecule has 0 aliphatic rings. The van der Waals surface area contributed by atoms with Crippen molar-refractivity contribution in [2.24, 2.45) is 0 Å². The van der Waals surface area contributed by atoms with Crippen LogP contribution < -0.4 is 0 Å². The molecule has 0 aliphatic heterocycles. The van der Waals surface area contributed by atoms with Crippen LogP contribution in [0.5, 0.6) is 0 Å². The van der Waals surface area contributed by atoms with Crippen molar-refractivity contribution in [1.29, 1.82) is 0 Å². The summed E-state index contributed by atoms with van der Waals surface area (Å²) in [6.45, 7) is 0. The molecule has 0 atom stereocenters. The Morgan fingerprint density at radius 1 is 1.55 bits per heavy atom. The van der Waals surface area contributed by atoms with Crippen molar-refractivity contribution in [3.8, 4) is 0 Å². The van der Waals surface area contributed by atoms with Crippen LogP contribution >= 0.6 is 23.2 Å². The molecule has 1 heterocycles. The molecule has 0 spiro atoms. The second-order valence-electron chi connectivity index (χ2n) is 1.50. The average Bonchev–Trinajstić information content (AvgIpc) is 2.13. The standard InChI is InChI=1S/C4H2Cl2N2O2.H2O/c5-1-2(6)8-3(7-1)4(9)10;/h(H,7,8)(H,9,10);1H2. The SMILES string of the molecule is O.O=C(O)c1nc(Cl)c(Cl)[nH]1. The minimum Gasteiger partial charge on any atom is -0.475 e. The molecule has 5 nitrogen and oxygen atoms in total. The monoisotopic (exact) mass is 198 g/mol. The molecule has 1 aromatic rings. The summed E-state index contributed by atoms with van der Waals surface area (Å²) in [6, 6.07) is 0. The molecule has 0 aromatic carbocycles. The Bertz CT molecular complexity index is 253. The molecule has 0 aliphatic carbocycles. The molecule has 0 bridgehead atoms. The van der Waals surface area contributed by atoms with Gasteiger partial charge in [0.1, 0.15) is 5.15 Å². The lowest BCUT2D eigenvalue weighted by Crippen LogP contribution is -1.97. The summed E-state index contributed by atoms with van der Waals surface area (Å²) in [7, 11) is 0. The molecule has 0 saturated carbocycles. The predicted molar refractivity (Wildman–Crippen MR) is 39.2 cm³/mol. The summed E-state index contributed by atoms with van der Waals surface area (Å²) in [5.41, 5.74) is 0. The van der Waals surface area contributed by atoms with Gasteiger partial charge in [0.05, 0.1) is 0 Å². The van der Waals surface area contributed by atoms with Crippen LogP contribution in [0.15, 0.2) is 0 Å². The van der Waals surface area contributed by atoms with E-state index in [0.29, 0.717) is 0 Å². The van der Waals surface area contributed by atoms with Gasteiger partial charge in [-0.3, -0.25) is 0 Å². The Morgan fingerprint density at radius 3 is 2.27 bits per heavy atom. The van der Waals surface area contributed by atoms with E-state index in [1.54, 1.807) is 0 Å². The zero-order valence-electron chi connectivity index (χ0n) is 5.06. The van der Waals surface area contributed by atoms with Gasteiger partial charge in [-0.25, -0.2) is 9.78 Å². The number of aromatic nitrogens is 2. The molecule has 7 heteroatoms. The fourth-order valence-electron chi connectivity index (χ4n) is 0.432. The van der Waals surface area contributed by atoms with Crippen LogP contribution in [-0.4, -0.2) is 26.5 Å². The van der Waals surface area contributed by atoms with Gasteiger partial charge in [-0.1, -0.05) is 23.2 Å². The highest BCUT2D eigenvalue weighted by Crippen LogP contribution is 2.17. The quantitative estimate of drug-likeness (QED) is 0.692. The summed E-state index contributed by atoms with van der Waals surface area (Å²) in [4.78, 5) is 15.8. The fourth-order valence-corrected chi connectivity index (χ4v) is 0.696. The molecule has 11 heavy (non-hydrogen) atoms. The maximum absolute atomic E-state index is 10.2. The predicted octanol–water partition coefficient (Wildman–Crippen LogP) is 0.590. The lowest BCUT2D eigenvalue weighted by atomic mass is 10.6. The van der Waals surface area contributed by atoms with Crippen molar-refractivity contribution < 1.29 is 15.4 Å². The lowest BCUT2D eigenvalue weighted by Gasteiger charge is -1.80. The molecule has 4 N–H and O–H groups in total. The van der Waals surface area contributed by atoms with Gasteiger partial charge in [0.2, 0.25) is 5.82 Å². The Kier molecular flexibility index (Phi) is 3.31. The van der Waals surface area contributed by atoms with Crippen molar-refractivity contribution in [3.63, 3.8) is 0 Å². The van der Waals surface area contributed by atoms with E-state index in [1.165, 1.54) is 0 Å². The third-order valence-electron chi connectivity index (χ3n) is 0.822. The van der Waals surface area contributed by atoms with E-state index >= 15 is 0 Å². The Morgan fingerprint density at radius 2 is 2.09 bits per heavy atom. The minimum atomic E-state index is -1.19. The first-order chi connectivity index (χ1) is 4.61. The third-order valence-corrected chi connectivity index (χ3v) is 1.47. The van der Waals surface area contributed by atoms with E-state index in [-0.39, 0.29) is 21.6 Å². The van der Waals surface area contributed by atoms with Crippen molar-refractivity contribution in [2.75, 3.05) is 0 Å². The largest absolute Gasteiger partial charge is 0.475 e. The molecule has 1 aromatic heterocycles. The van der Waals surface area contributed by atoms with Crippen LogP contribution in [0.2, 0.25) is 10.3 Å². The van der Waals surface area contributed by atoms with E-state index in [9.17, 15) is 4.79 Å². The van der Waals surface area contributed by atoms with Crippen LogP contribution in [0.4, 0.5) is 0 Å². The van der Waals surface area contributed by atoms with Gasteiger partial charge >= 0.3 is 5.97 Å². The number of hydrogen-bond donors (Lipinski definition) is 2. The number of carboxylic acid groups (broad SMARTS) is 1. The molecule has 0 saturated heterocycles. The number of H-pyrrole nitrogens is 1.